The van der Waals surface area contributed by atoms with Crippen LogP contribution in [0.3, 0.4) is 0 Å². The van der Waals surface area contributed by atoms with Gasteiger partial charge in [-0.05, 0) is 37.3 Å². The predicted molar refractivity (Wildman–Crippen MR) is 94.2 cm³/mol. The summed E-state index contributed by atoms with van der Waals surface area (Å²) in [7, 11) is 0. The number of anilines is 2. The molecule has 1 saturated carbocycles. The lowest BCUT2D eigenvalue weighted by Gasteiger charge is -2.16. The van der Waals surface area contributed by atoms with E-state index >= 15 is 0 Å². The minimum atomic E-state index is 0.530. The van der Waals surface area contributed by atoms with Crippen LogP contribution in [0.25, 0.3) is 22.2 Å². The maximum atomic E-state index is 6.02. The molecule has 0 spiro atoms. The number of nitrogen functional groups attached to an aromatic ring is 1. The van der Waals surface area contributed by atoms with Crippen LogP contribution in [-0.4, -0.2) is 21.2 Å². The number of nitrogens with one attached hydrogen (secondary N) is 2. The molecular formula is C18H21N5. The van der Waals surface area contributed by atoms with Gasteiger partial charge in [0.1, 0.15) is 5.82 Å². The molecule has 23 heavy (non-hydrogen) atoms. The van der Waals surface area contributed by atoms with Crippen molar-refractivity contribution in [3.05, 3.63) is 36.5 Å². The summed E-state index contributed by atoms with van der Waals surface area (Å²) in [5, 5.41) is 11.8. The molecule has 5 heteroatoms. The van der Waals surface area contributed by atoms with E-state index in [-0.39, 0.29) is 0 Å². The molecule has 0 bridgehead atoms. The van der Waals surface area contributed by atoms with E-state index in [1.54, 1.807) is 6.20 Å². The van der Waals surface area contributed by atoms with Gasteiger partial charge in [-0.2, -0.15) is 5.10 Å². The van der Waals surface area contributed by atoms with Crippen molar-refractivity contribution >= 4 is 22.4 Å². The molecule has 4 rings (SSSR count). The van der Waals surface area contributed by atoms with E-state index in [1.807, 2.05) is 12.1 Å². The van der Waals surface area contributed by atoms with Gasteiger partial charge in [0.05, 0.1) is 11.2 Å². The highest BCUT2D eigenvalue weighted by Gasteiger charge is 2.21. The number of nitrogens with two attached hydrogens (primary N) is 1. The van der Waals surface area contributed by atoms with E-state index in [2.05, 4.69) is 45.6 Å². The summed E-state index contributed by atoms with van der Waals surface area (Å²) in [5.41, 5.74) is 10.1. The topological polar surface area (TPSA) is 79.6 Å². The molecule has 2 aromatic heterocycles. The summed E-state index contributed by atoms with van der Waals surface area (Å²) in [6.07, 6.45) is 5.48. The van der Waals surface area contributed by atoms with Crippen LogP contribution in [0, 0.1) is 5.92 Å². The molecular weight excluding hydrogens is 286 g/mol. The Morgan fingerprint density at radius 1 is 1.22 bits per heavy atom. The number of hydrogen-bond acceptors (Lipinski definition) is 4. The molecule has 3 aromatic rings. The number of aromatic amines is 1. The number of benzene rings is 1. The number of pyridine rings is 1. The molecule has 5 nitrogen and oxygen atoms in total. The van der Waals surface area contributed by atoms with Crippen molar-refractivity contribution in [1.82, 2.24) is 15.2 Å². The number of hydrogen-bond donors (Lipinski definition) is 3. The first kappa shape index (κ1) is 14.1. The van der Waals surface area contributed by atoms with Gasteiger partial charge in [0, 0.05) is 34.9 Å². The molecule has 0 amide bonds. The van der Waals surface area contributed by atoms with Gasteiger partial charge in [-0.1, -0.05) is 19.1 Å². The fourth-order valence-corrected chi connectivity index (χ4v) is 3.51. The smallest absolute Gasteiger partial charge is 0.126 e. The number of rotatable bonds is 3. The summed E-state index contributed by atoms with van der Waals surface area (Å²) >= 11 is 0. The molecule has 0 saturated heterocycles. The van der Waals surface area contributed by atoms with Crippen LogP contribution in [0.4, 0.5) is 11.5 Å². The molecule has 2 heterocycles. The van der Waals surface area contributed by atoms with E-state index in [4.69, 9.17) is 5.73 Å². The SMILES string of the molecule is C[C@H]1CC[C@@H](Nc2cc(N)nc3cc(-c4ccn[nH]4)ccc23)C1. The van der Waals surface area contributed by atoms with E-state index < -0.39 is 0 Å². The second-order valence-electron chi connectivity index (χ2n) is 6.56. The van der Waals surface area contributed by atoms with Gasteiger partial charge < -0.3 is 11.1 Å². The summed E-state index contributed by atoms with van der Waals surface area (Å²) in [4.78, 5) is 4.50. The number of H-pyrrole nitrogens is 1. The summed E-state index contributed by atoms with van der Waals surface area (Å²) in [5.74, 6) is 1.35. The normalized spacial score (nSPS) is 20.9. The molecule has 1 aliphatic rings. The zero-order chi connectivity index (χ0) is 15.8. The average Bonchev–Trinajstić information content (AvgIpc) is 3.18. The van der Waals surface area contributed by atoms with Crippen molar-refractivity contribution in [2.24, 2.45) is 5.92 Å². The average molecular weight is 307 g/mol. The van der Waals surface area contributed by atoms with Gasteiger partial charge in [0.2, 0.25) is 0 Å². The first-order chi connectivity index (χ1) is 11.2. The minimum Gasteiger partial charge on any atom is -0.384 e. The van der Waals surface area contributed by atoms with Crippen LogP contribution in [-0.2, 0) is 0 Å². The maximum Gasteiger partial charge on any atom is 0.126 e. The lowest BCUT2D eigenvalue weighted by molar-refractivity contribution is 0.603. The fraction of sp³-hybridized carbons (Fsp3) is 0.333. The van der Waals surface area contributed by atoms with Crippen LogP contribution < -0.4 is 11.1 Å². The van der Waals surface area contributed by atoms with Crippen LogP contribution in [0.2, 0.25) is 0 Å². The van der Waals surface area contributed by atoms with E-state index in [0.29, 0.717) is 11.9 Å². The second kappa shape index (κ2) is 5.57. The molecule has 0 aliphatic heterocycles. The quantitative estimate of drug-likeness (QED) is 0.687. The van der Waals surface area contributed by atoms with Crippen LogP contribution in [0.1, 0.15) is 26.2 Å². The summed E-state index contributed by atoms with van der Waals surface area (Å²) in [6.45, 7) is 2.32. The second-order valence-corrected chi connectivity index (χ2v) is 6.56. The van der Waals surface area contributed by atoms with Crippen molar-refractivity contribution < 1.29 is 0 Å². The molecule has 1 fully saturated rings. The molecule has 1 aliphatic carbocycles. The highest BCUT2D eigenvalue weighted by molar-refractivity contribution is 5.95. The summed E-state index contributed by atoms with van der Waals surface area (Å²) in [6, 6.07) is 10.7. The lowest BCUT2D eigenvalue weighted by Crippen LogP contribution is -2.15. The maximum absolute atomic E-state index is 6.02. The number of aromatic nitrogens is 3. The molecule has 4 N–H and O–H groups in total. The molecule has 2 atom stereocenters. The van der Waals surface area contributed by atoms with Gasteiger partial charge in [-0.15, -0.1) is 0 Å². The van der Waals surface area contributed by atoms with Crippen molar-refractivity contribution in [3.8, 4) is 11.3 Å². The lowest BCUT2D eigenvalue weighted by atomic mass is 10.1. The fourth-order valence-electron chi connectivity index (χ4n) is 3.51. The highest BCUT2D eigenvalue weighted by Crippen LogP contribution is 2.32. The Bertz CT molecular complexity index is 825. The molecule has 0 unspecified atom stereocenters. The molecule has 118 valence electrons. The van der Waals surface area contributed by atoms with E-state index in [1.165, 1.54) is 19.3 Å². The Balaban J connectivity index is 1.73. The third kappa shape index (κ3) is 2.74. The Labute approximate surface area is 135 Å². The van der Waals surface area contributed by atoms with Gasteiger partial charge >= 0.3 is 0 Å². The Kier molecular flexibility index (Phi) is 3.41. The third-order valence-corrected chi connectivity index (χ3v) is 4.70. The van der Waals surface area contributed by atoms with E-state index in [9.17, 15) is 0 Å². The standard InChI is InChI=1S/C18H21N5/c1-11-2-4-13(8-11)21-17-10-18(19)22-16-9-12(3-5-14(16)17)15-6-7-20-23-15/h3,5-7,9-11,13H,2,4,8H2,1H3,(H,20,23)(H3,19,21,22)/t11-,13+/m0/s1. The number of fused-ring (bicyclic) bond motifs is 1. The minimum absolute atomic E-state index is 0.530. The van der Waals surface area contributed by atoms with Crippen molar-refractivity contribution in [3.63, 3.8) is 0 Å². The Morgan fingerprint density at radius 3 is 2.87 bits per heavy atom. The van der Waals surface area contributed by atoms with Gasteiger partial charge in [0.15, 0.2) is 0 Å². The first-order valence-electron chi connectivity index (χ1n) is 8.15. The Morgan fingerprint density at radius 2 is 2.13 bits per heavy atom. The first-order valence-corrected chi connectivity index (χ1v) is 8.15. The van der Waals surface area contributed by atoms with Crippen molar-refractivity contribution in [2.45, 2.75) is 32.2 Å². The van der Waals surface area contributed by atoms with Gasteiger partial charge in [-0.25, -0.2) is 4.98 Å². The monoisotopic (exact) mass is 307 g/mol. The highest BCUT2D eigenvalue weighted by atomic mass is 15.1. The number of nitrogens with zero attached hydrogens (tertiary/aromatic N) is 2. The van der Waals surface area contributed by atoms with Crippen molar-refractivity contribution in [2.75, 3.05) is 11.1 Å². The summed E-state index contributed by atoms with van der Waals surface area (Å²) < 4.78 is 0. The Hall–Kier alpha value is -2.56. The predicted octanol–water partition coefficient (Wildman–Crippen LogP) is 3.81. The van der Waals surface area contributed by atoms with Gasteiger partial charge in [-0.3, -0.25) is 5.10 Å². The largest absolute Gasteiger partial charge is 0.384 e. The third-order valence-electron chi connectivity index (χ3n) is 4.70. The van der Waals surface area contributed by atoms with Crippen LogP contribution >= 0.6 is 0 Å². The molecule has 0 radical (unpaired) electrons. The zero-order valence-corrected chi connectivity index (χ0v) is 13.2. The van der Waals surface area contributed by atoms with E-state index in [0.717, 1.165) is 33.8 Å². The van der Waals surface area contributed by atoms with Crippen molar-refractivity contribution in [1.29, 1.82) is 0 Å². The van der Waals surface area contributed by atoms with Crippen LogP contribution in [0.5, 0.6) is 0 Å². The molecule has 1 aromatic carbocycles. The van der Waals surface area contributed by atoms with Crippen LogP contribution in [0.15, 0.2) is 36.5 Å². The van der Waals surface area contributed by atoms with Gasteiger partial charge in [0.25, 0.3) is 0 Å². The zero-order valence-electron chi connectivity index (χ0n) is 13.2.